The van der Waals surface area contributed by atoms with Crippen molar-refractivity contribution < 1.29 is 9.90 Å². The topological polar surface area (TPSA) is 65.5 Å². The van der Waals surface area contributed by atoms with Crippen molar-refractivity contribution >= 4 is 11.8 Å². The van der Waals surface area contributed by atoms with Gasteiger partial charge in [-0.25, -0.2) is 9.78 Å². The summed E-state index contributed by atoms with van der Waals surface area (Å²) in [6.45, 7) is 14.1. The first-order valence-electron chi connectivity index (χ1n) is 7.73. The van der Waals surface area contributed by atoms with Crippen LogP contribution in [0.15, 0.2) is 12.1 Å². The highest BCUT2D eigenvalue weighted by atomic mass is 16.4. The molecule has 0 atom stereocenters. The molecule has 0 spiro atoms. The molecule has 0 bridgehead atoms. The number of nitrogens with zero attached hydrogens (tertiary/aromatic N) is 2. The molecule has 0 aromatic carbocycles. The molecule has 0 aliphatic rings. The summed E-state index contributed by atoms with van der Waals surface area (Å²) in [7, 11) is 0. The molecule has 0 aliphatic carbocycles. The van der Waals surface area contributed by atoms with E-state index in [2.05, 4.69) is 24.1 Å². The number of hydrogen-bond acceptors (Lipinski definition) is 4. The Kier molecular flexibility index (Phi) is 10.2. The van der Waals surface area contributed by atoms with E-state index in [1.807, 2.05) is 25.7 Å². The van der Waals surface area contributed by atoms with E-state index < -0.39 is 5.97 Å². The third-order valence-corrected chi connectivity index (χ3v) is 3.06. The Labute approximate surface area is 128 Å². The van der Waals surface area contributed by atoms with Crippen LogP contribution < -0.4 is 10.2 Å². The molecule has 0 aliphatic heterocycles. The largest absolute Gasteiger partial charge is 0.478 e. The van der Waals surface area contributed by atoms with E-state index in [-0.39, 0.29) is 0 Å². The van der Waals surface area contributed by atoms with Gasteiger partial charge in [0.1, 0.15) is 5.82 Å². The van der Waals surface area contributed by atoms with E-state index in [0.29, 0.717) is 5.56 Å². The maximum atomic E-state index is 11.0. The Morgan fingerprint density at radius 1 is 1.14 bits per heavy atom. The first kappa shape index (κ1) is 19.4. The summed E-state index contributed by atoms with van der Waals surface area (Å²) < 4.78 is 0. The molecule has 1 aromatic rings. The summed E-state index contributed by atoms with van der Waals surface area (Å²) >= 11 is 0. The standard InChI is InChI=1S/C12H18N2O2.C4H11N/c1-4-10-7-9(12(15)16)8-11(13-10)14(5-2)6-3;1-3-5-4-2/h7-8H,4-6H2,1-3H3,(H,15,16);5H,3-4H2,1-2H3. The summed E-state index contributed by atoms with van der Waals surface area (Å²) in [5.74, 6) is -0.146. The summed E-state index contributed by atoms with van der Waals surface area (Å²) in [6, 6.07) is 3.27. The molecule has 1 rings (SSSR count). The second-order valence-corrected chi connectivity index (χ2v) is 4.49. The fraction of sp³-hybridized carbons (Fsp3) is 0.625. The third kappa shape index (κ3) is 7.09. The molecule has 5 heteroatoms. The Balaban J connectivity index is 0.000000690. The van der Waals surface area contributed by atoms with E-state index in [1.54, 1.807) is 12.1 Å². The van der Waals surface area contributed by atoms with Crippen molar-refractivity contribution in [1.29, 1.82) is 0 Å². The number of carboxylic acid groups (broad SMARTS) is 1. The van der Waals surface area contributed by atoms with Gasteiger partial charge in [0.15, 0.2) is 0 Å². The van der Waals surface area contributed by atoms with Crippen molar-refractivity contribution in [2.45, 2.75) is 41.0 Å². The van der Waals surface area contributed by atoms with E-state index >= 15 is 0 Å². The minimum atomic E-state index is -0.898. The molecule has 0 fully saturated rings. The van der Waals surface area contributed by atoms with Crippen molar-refractivity contribution in [3.8, 4) is 0 Å². The van der Waals surface area contributed by atoms with Gasteiger partial charge < -0.3 is 15.3 Å². The number of anilines is 1. The van der Waals surface area contributed by atoms with Gasteiger partial charge in [0, 0.05) is 18.8 Å². The second-order valence-electron chi connectivity index (χ2n) is 4.49. The highest BCUT2D eigenvalue weighted by Crippen LogP contribution is 2.15. The second kappa shape index (κ2) is 11.1. The number of nitrogens with one attached hydrogen (secondary N) is 1. The van der Waals surface area contributed by atoms with Crippen LogP contribution >= 0.6 is 0 Å². The quantitative estimate of drug-likeness (QED) is 0.810. The zero-order valence-electron chi connectivity index (χ0n) is 13.9. The molecule has 5 nitrogen and oxygen atoms in total. The van der Waals surface area contributed by atoms with Gasteiger partial charge in [-0.1, -0.05) is 20.8 Å². The normalized spacial score (nSPS) is 9.76. The Morgan fingerprint density at radius 3 is 2.05 bits per heavy atom. The monoisotopic (exact) mass is 295 g/mol. The molecule has 2 N–H and O–H groups in total. The van der Waals surface area contributed by atoms with Crippen LogP contribution in [0.3, 0.4) is 0 Å². The van der Waals surface area contributed by atoms with E-state index in [1.165, 1.54) is 0 Å². The molecule has 21 heavy (non-hydrogen) atoms. The number of carboxylic acids is 1. The van der Waals surface area contributed by atoms with E-state index in [4.69, 9.17) is 5.11 Å². The Bertz CT molecular complexity index is 416. The zero-order chi connectivity index (χ0) is 16.3. The van der Waals surface area contributed by atoms with Crippen LogP contribution in [0.5, 0.6) is 0 Å². The van der Waals surface area contributed by atoms with Crippen LogP contribution in [-0.4, -0.2) is 42.2 Å². The van der Waals surface area contributed by atoms with Crippen molar-refractivity contribution in [3.63, 3.8) is 0 Å². The van der Waals surface area contributed by atoms with E-state index in [9.17, 15) is 4.79 Å². The van der Waals surface area contributed by atoms with Crippen molar-refractivity contribution in [2.24, 2.45) is 0 Å². The van der Waals surface area contributed by atoms with Crippen molar-refractivity contribution in [1.82, 2.24) is 10.3 Å². The van der Waals surface area contributed by atoms with Gasteiger partial charge in [0.05, 0.1) is 5.56 Å². The number of aromatic nitrogens is 1. The van der Waals surface area contributed by atoms with Crippen LogP contribution in [0.1, 0.15) is 50.7 Å². The lowest BCUT2D eigenvalue weighted by Gasteiger charge is -2.20. The van der Waals surface area contributed by atoms with Gasteiger partial charge >= 0.3 is 5.97 Å². The molecule has 1 aromatic heterocycles. The zero-order valence-corrected chi connectivity index (χ0v) is 13.9. The molecule has 0 saturated carbocycles. The molecular formula is C16H29N3O2. The first-order chi connectivity index (χ1) is 10.0. The smallest absolute Gasteiger partial charge is 0.335 e. The van der Waals surface area contributed by atoms with Crippen LogP contribution in [0.4, 0.5) is 5.82 Å². The average molecular weight is 295 g/mol. The molecule has 0 unspecified atom stereocenters. The summed E-state index contributed by atoms with van der Waals surface area (Å²) in [5, 5.41) is 12.1. The maximum Gasteiger partial charge on any atom is 0.335 e. The lowest BCUT2D eigenvalue weighted by molar-refractivity contribution is 0.0696. The summed E-state index contributed by atoms with van der Waals surface area (Å²) in [6.07, 6.45) is 0.745. The fourth-order valence-corrected chi connectivity index (χ4v) is 1.84. The van der Waals surface area contributed by atoms with Gasteiger partial charge in [-0.05, 0) is 45.5 Å². The predicted molar refractivity (Wildman–Crippen MR) is 88.4 cm³/mol. The summed E-state index contributed by atoms with van der Waals surface area (Å²) in [4.78, 5) is 17.5. The molecule has 120 valence electrons. The van der Waals surface area contributed by atoms with Gasteiger partial charge in [0.25, 0.3) is 0 Å². The van der Waals surface area contributed by atoms with Crippen LogP contribution in [0.25, 0.3) is 0 Å². The number of aryl methyl sites for hydroxylation is 1. The van der Waals surface area contributed by atoms with Gasteiger partial charge in [-0.3, -0.25) is 0 Å². The Morgan fingerprint density at radius 2 is 1.71 bits per heavy atom. The number of aromatic carboxylic acids is 1. The van der Waals surface area contributed by atoms with E-state index in [0.717, 1.165) is 44.1 Å². The molecule has 0 saturated heterocycles. The lowest BCUT2D eigenvalue weighted by atomic mass is 10.2. The highest BCUT2D eigenvalue weighted by molar-refractivity contribution is 5.88. The maximum absolute atomic E-state index is 11.0. The van der Waals surface area contributed by atoms with Crippen LogP contribution in [0.2, 0.25) is 0 Å². The molecule has 0 amide bonds. The molecule has 0 radical (unpaired) electrons. The lowest BCUT2D eigenvalue weighted by Crippen LogP contribution is -2.23. The predicted octanol–water partition coefficient (Wildman–Crippen LogP) is 2.80. The number of rotatable bonds is 7. The average Bonchev–Trinajstić information content (AvgIpc) is 2.49. The number of hydrogen-bond donors (Lipinski definition) is 2. The first-order valence-corrected chi connectivity index (χ1v) is 7.73. The van der Waals surface area contributed by atoms with Crippen LogP contribution in [0, 0.1) is 0 Å². The van der Waals surface area contributed by atoms with Gasteiger partial charge in [-0.15, -0.1) is 0 Å². The SMILES string of the molecule is CCNCC.CCc1cc(C(=O)O)cc(N(CC)CC)n1. The minimum absolute atomic E-state index is 0.314. The molecular weight excluding hydrogens is 266 g/mol. The number of carbonyl (C=O) groups is 1. The molecule has 1 heterocycles. The highest BCUT2D eigenvalue weighted by Gasteiger charge is 2.10. The van der Waals surface area contributed by atoms with Crippen molar-refractivity contribution in [3.05, 3.63) is 23.4 Å². The Hall–Kier alpha value is -1.62. The summed E-state index contributed by atoms with van der Waals surface area (Å²) in [5.41, 5.74) is 1.13. The van der Waals surface area contributed by atoms with Crippen molar-refractivity contribution in [2.75, 3.05) is 31.1 Å². The van der Waals surface area contributed by atoms with Gasteiger partial charge in [-0.2, -0.15) is 0 Å². The minimum Gasteiger partial charge on any atom is -0.478 e. The third-order valence-electron chi connectivity index (χ3n) is 3.06. The van der Waals surface area contributed by atoms with Gasteiger partial charge in [0.2, 0.25) is 0 Å². The van der Waals surface area contributed by atoms with Crippen LogP contribution in [-0.2, 0) is 6.42 Å². The number of pyridine rings is 1. The fourth-order valence-electron chi connectivity index (χ4n) is 1.84.